The molecule has 1 amide bonds. The highest BCUT2D eigenvalue weighted by Crippen LogP contribution is 2.49. The smallest absolute Gasteiger partial charge is 0.241 e. The number of benzene rings is 2. The van der Waals surface area contributed by atoms with E-state index in [0.717, 1.165) is 22.4 Å². The Hall–Kier alpha value is -2.14. The number of hydrogen-bond acceptors (Lipinski definition) is 4. The molecule has 1 fully saturated rings. The van der Waals surface area contributed by atoms with E-state index in [-0.39, 0.29) is 33.9 Å². The average molecular weight is 357 g/mol. The highest BCUT2D eigenvalue weighted by molar-refractivity contribution is 8.01. The van der Waals surface area contributed by atoms with Gasteiger partial charge in [-0.3, -0.25) is 9.69 Å². The van der Waals surface area contributed by atoms with Gasteiger partial charge in [0.05, 0.1) is 5.25 Å². The van der Waals surface area contributed by atoms with Gasteiger partial charge in [0, 0.05) is 11.3 Å². The summed E-state index contributed by atoms with van der Waals surface area (Å²) in [6.07, 6.45) is 0. The van der Waals surface area contributed by atoms with Crippen molar-refractivity contribution in [2.75, 3.05) is 4.90 Å². The van der Waals surface area contributed by atoms with Crippen LogP contribution < -0.4 is 4.90 Å². The zero-order valence-electron chi connectivity index (χ0n) is 14.9. The SMILES string of the molecule is Cc1cc(O)c(C(C)C)cc1N1C(=O)C(C)SC1c1ccccc1O. The Bertz CT molecular complexity index is 819. The van der Waals surface area contributed by atoms with Crippen molar-refractivity contribution in [3.8, 4) is 11.5 Å². The predicted octanol–water partition coefficient (Wildman–Crippen LogP) is 4.70. The first kappa shape index (κ1) is 17.7. The standard InChI is InChI=1S/C20H23NO3S/c1-11(2)15-10-16(12(3)9-18(15)23)21-19(24)13(4)25-20(21)14-7-5-6-8-17(14)22/h5-11,13,20,22-23H,1-4H3. The lowest BCUT2D eigenvalue weighted by Crippen LogP contribution is -2.30. The van der Waals surface area contributed by atoms with Crippen LogP contribution in [0.25, 0.3) is 0 Å². The molecule has 5 heteroatoms. The summed E-state index contributed by atoms with van der Waals surface area (Å²) in [5, 5.41) is 20.0. The summed E-state index contributed by atoms with van der Waals surface area (Å²) in [5.41, 5.74) is 3.17. The van der Waals surface area contributed by atoms with Crippen LogP contribution in [-0.2, 0) is 4.79 Å². The molecule has 132 valence electrons. The Kier molecular flexibility index (Phi) is 4.69. The molecule has 0 radical (unpaired) electrons. The summed E-state index contributed by atoms with van der Waals surface area (Å²) in [7, 11) is 0. The second-order valence-electron chi connectivity index (χ2n) is 6.75. The molecule has 2 atom stereocenters. The molecule has 1 heterocycles. The van der Waals surface area contributed by atoms with Crippen LogP contribution in [0.5, 0.6) is 11.5 Å². The molecule has 0 aromatic heterocycles. The predicted molar refractivity (Wildman–Crippen MR) is 102 cm³/mol. The van der Waals surface area contributed by atoms with Crippen molar-refractivity contribution in [2.24, 2.45) is 0 Å². The lowest BCUT2D eigenvalue weighted by atomic mass is 9.98. The zero-order valence-corrected chi connectivity index (χ0v) is 15.7. The van der Waals surface area contributed by atoms with E-state index >= 15 is 0 Å². The van der Waals surface area contributed by atoms with Crippen molar-refractivity contribution < 1.29 is 15.0 Å². The van der Waals surface area contributed by atoms with Gasteiger partial charge >= 0.3 is 0 Å². The number of para-hydroxylation sites is 1. The van der Waals surface area contributed by atoms with Crippen molar-refractivity contribution >= 4 is 23.4 Å². The van der Waals surface area contributed by atoms with Crippen LogP contribution in [0, 0.1) is 6.92 Å². The minimum Gasteiger partial charge on any atom is -0.508 e. The van der Waals surface area contributed by atoms with Crippen LogP contribution in [0.2, 0.25) is 0 Å². The zero-order chi connectivity index (χ0) is 18.3. The number of nitrogens with zero attached hydrogens (tertiary/aromatic N) is 1. The number of carbonyl (C=O) groups is 1. The number of anilines is 1. The van der Waals surface area contributed by atoms with Crippen molar-refractivity contribution in [3.63, 3.8) is 0 Å². The third kappa shape index (κ3) is 3.09. The molecule has 2 aromatic rings. The molecule has 0 aliphatic carbocycles. The number of phenolic OH excluding ortho intramolecular Hbond substituents is 2. The molecule has 25 heavy (non-hydrogen) atoms. The van der Waals surface area contributed by atoms with E-state index in [1.54, 1.807) is 23.1 Å². The van der Waals surface area contributed by atoms with Gasteiger partial charge in [0.25, 0.3) is 0 Å². The normalized spacial score (nSPS) is 20.5. The second-order valence-corrected chi connectivity index (χ2v) is 8.18. The fourth-order valence-corrected chi connectivity index (χ4v) is 4.50. The van der Waals surface area contributed by atoms with Gasteiger partial charge in [-0.15, -0.1) is 11.8 Å². The Labute approximate surface area is 152 Å². The topological polar surface area (TPSA) is 60.8 Å². The largest absolute Gasteiger partial charge is 0.508 e. The molecule has 0 saturated carbocycles. The maximum Gasteiger partial charge on any atom is 0.241 e. The Morgan fingerprint density at radius 2 is 1.80 bits per heavy atom. The summed E-state index contributed by atoms with van der Waals surface area (Å²) < 4.78 is 0. The minimum absolute atomic E-state index is 0.0155. The van der Waals surface area contributed by atoms with Crippen molar-refractivity contribution in [1.82, 2.24) is 0 Å². The van der Waals surface area contributed by atoms with Gasteiger partial charge < -0.3 is 10.2 Å². The lowest BCUT2D eigenvalue weighted by Gasteiger charge is -2.27. The minimum atomic E-state index is -0.285. The van der Waals surface area contributed by atoms with Crippen LogP contribution in [0.1, 0.15) is 48.8 Å². The van der Waals surface area contributed by atoms with E-state index in [0.29, 0.717) is 0 Å². The molecule has 1 aliphatic rings. The lowest BCUT2D eigenvalue weighted by molar-refractivity contribution is -0.117. The maximum atomic E-state index is 12.9. The summed E-state index contributed by atoms with van der Waals surface area (Å²) in [5.74, 6) is 0.600. The van der Waals surface area contributed by atoms with E-state index in [9.17, 15) is 15.0 Å². The van der Waals surface area contributed by atoms with Gasteiger partial charge in [-0.05, 0) is 49.1 Å². The maximum absolute atomic E-state index is 12.9. The monoisotopic (exact) mass is 357 g/mol. The van der Waals surface area contributed by atoms with Gasteiger partial charge in [0.1, 0.15) is 16.9 Å². The summed E-state index contributed by atoms with van der Waals surface area (Å²) in [4.78, 5) is 14.6. The van der Waals surface area contributed by atoms with E-state index in [2.05, 4.69) is 0 Å². The second kappa shape index (κ2) is 6.64. The number of aromatic hydroxyl groups is 2. The Balaban J connectivity index is 2.14. The molecule has 1 aliphatic heterocycles. The molecule has 2 N–H and O–H groups in total. The van der Waals surface area contributed by atoms with E-state index < -0.39 is 0 Å². The molecule has 0 spiro atoms. The van der Waals surface area contributed by atoms with Crippen LogP contribution >= 0.6 is 11.8 Å². The first-order chi connectivity index (χ1) is 11.8. The molecular formula is C20H23NO3S. The third-order valence-corrected chi connectivity index (χ3v) is 5.91. The first-order valence-electron chi connectivity index (χ1n) is 8.41. The number of carbonyl (C=O) groups excluding carboxylic acids is 1. The third-order valence-electron chi connectivity index (χ3n) is 4.58. The number of hydrogen-bond donors (Lipinski definition) is 2. The number of phenols is 2. The average Bonchev–Trinajstić information content (AvgIpc) is 2.83. The molecular weight excluding hydrogens is 334 g/mol. The van der Waals surface area contributed by atoms with Crippen molar-refractivity contribution in [3.05, 3.63) is 53.1 Å². The number of rotatable bonds is 3. The van der Waals surface area contributed by atoms with Crippen LogP contribution in [0.4, 0.5) is 5.69 Å². The number of amides is 1. The van der Waals surface area contributed by atoms with E-state index in [1.807, 2.05) is 45.9 Å². The summed E-state index contributed by atoms with van der Waals surface area (Å²) >= 11 is 1.52. The number of thioether (sulfide) groups is 1. The molecule has 4 nitrogen and oxygen atoms in total. The highest BCUT2D eigenvalue weighted by atomic mass is 32.2. The van der Waals surface area contributed by atoms with E-state index in [4.69, 9.17) is 0 Å². The molecule has 3 rings (SSSR count). The van der Waals surface area contributed by atoms with E-state index in [1.165, 1.54) is 11.8 Å². The van der Waals surface area contributed by atoms with Crippen LogP contribution in [0.15, 0.2) is 36.4 Å². The molecule has 1 saturated heterocycles. The van der Waals surface area contributed by atoms with Crippen LogP contribution in [0.3, 0.4) is 0 Å². The van der Waals surface area contributed by atoms with Gasteiger partial charge in [-0.1, -0.05) is 32.0 Å². The summed E-state index contributed by atoms with van der Waals surface area (Å²) in [6.45, 7) is 7.80. The fourth-order valence-electron chi connectivity index (χ4n) is 3.20. The van der Waals surface area contributed by atoms with Crippen molar-refractivity contribution in [1.29, 1.82) is 0 Å². The van der Waals surface area contributed by atoms with Gasteiger partial charge in [-0.2, -0.15) is 0 Å². The van der Waals surface area contributed by atoms with Gasteiger partial charge in [-0.25, -0.2) is 0 Å². The highest BCUT2D eigenvalue weighted by Gasteiger charge is 2.41. The van der Waals surface area contributed by atoms with Gasteiger partial charge in [0.15, 0.2) is 0 Å². The van der Waals surface area contributed by atoms with Gasteiger partial charge in [0.2, 0.25) is 5.91 Å². The number of aryl methyl sites for hydroxylation is 1. The molecule has 0 bridgehead atoms. The first-order valence-corrected chi connectivity index (χ1v) is 9.35. The molecule has 2 aromatic carbocycles. The Morgan fingerprint density at radius 3 is 2.44 bits per heavy atom. The molecule has 2 unspecified atom stereocenters. The fraction of sp³-hybridized carbons (Fsp3) is 0.350. The Morgan fingerprint density at radius 1 is 1.12 bits per heavy atom. The quantitative estimate of drug-likeness (QED) is 0.836. The summed E-state index contributed by atoms with van der Waals surface area (Å²) in [6, 6.07) is 10.8. The van der Waals surface area contributed by atoms with Crippen molar-refractivity contribution in [2.45, 2.75) is 44.2 Å². The van der Waals surface area contributed by atoms with Crippen LogP contribution in [-0.4, -0.2) is 21.4 Å².